The Labute approximate surface area is 125 Å². The molecule has 122 valence electrons. The predicted molar refractivity (Wildman–Crippen MR) is 77.1 cm³/mol. The van der Waals surface area contributed by atoms with Crippen LogP contribution in [0.1, 0.15) is 38.5 Å². The number of rotatable bonds is 5. The topological polar surface area (TPSA) is 118 Å². The number of nitrogens with one attached hydrogen (secondary N) is 1. The molecule has 7 nitrogen and oxygen atoms in total. The van der Waals surface area contributed by atoms with Gasteiger partial charge in [-0.25, -0.2) is 21.6 Å². The second-order valence-corrected chi connectivity index (χ2v) is 10.3. The van der Waals surface area contributed by atoms with Crippen LogP contribution in [0.2, 0.25) is 0 Å². The highest BCUT2D eigenvalue weighted by atomic mass is 32.2. The van der Waals surface area contributed by atoms with Gasteiger partial charge < -0.3 is 5.11 Å². The Hall–Kier alpha value is -0.670. The lowest BCUT2D eigenvalue weighted by Crippen LogP contribution is -2.46. The molecular weight excluding hydrogens is 318 g/mol. The van der Waals surface area contributed by atoms with Gasteiger partial charge in [0.2, 0.25) is 10.0 Å². The Morgan fingerprint density at radius 3 is 2.33 bits per heavy atom. The van der Waals surface area contributed by atoms with Gasteiger partial charge in [0, 0.05) is 6.54 Å². The molecule has 0 aromatic rings. The lowest BCUT2D eigenvalue weighted by atomic mass is 9.74. The summed E-state index contributed by atoms with van der Waals surface area (Å²) in [6, 6.07) is 0. The number of aliphatic carboxylic acids is 1. The summed E-state index contributed by atoms with van der Waals surface area (Å²) in [7, 11) is -7.08. The smallest absolute Gasteiger partial charge is 0.310 e. The zero-order chi connectivity index (χ0) is 15.7. The molecule has 1 unspecified atom stereocenters. The Bertz CT molecular complexity index is 604. The fourth-order valence-corrected chi connectivity index (χ4v) is 7.23. The third-order valence-corrected chi connectivity index (χ3v) is 8.31. The molecule has 2 rings (SSSR count). The van der Waals surface area contributed by atoms with Gasteiger partial charge in [-0.15, -0.1) is 0 Å². The van der Waals surface area contributed by atoms with Crippen molar-refractivity contribution in [2.45, 2.75) is 43.8 Å². The molecule has 0 bridgehead atoms. The van der Waals surface area contributed by atoms with Gasteiger partial charge in [-0.1, -0.05) is 19.3 Å². The Balaban J connectivity index is 2.05. The molecule has 1 atom stereocenters. The van der Waals surface area contributed by atoms with Crippen molar-refractivity contribution in [3.05, 3.63) is 0 Å². The largest absolute Gasteiger partial charge is 0.481 e. The van der Waals surface area contributed by atoms with Crippen LogP contribution in [0.25, 0.3) is 0 Å². The van der Waals surface area contributed by atoms with Gasteiger partial charge in [0.15, 0.2) is 9.84 Å². The van der Waals surface area contributed by atoms with Gasteiger partial charge in [-0.05, 0) is 19.3 Å². The van der Waals surface area contributed by atoms with E-state index in [2.05, 4.69) is 4.72 Å². The van der Waals surface area contributed by atoms with Crippen molar-refractivity contribution in [2.24, 2.45) is 5.41 Å². The molecule has 1 aliphatic heterocycles. The number of carbonyl (C=O) groups is 1. The second kappa shape index (κ2) is 5.85. The van der Waals surface area contributed by atoms with Crippen LogP contribution in [0.4, 0.5) is 0 Å². The van der Waals surface area contributed by atoms with E-state index in [9.17, 15) is 26.7 Å². The molecule has 0 spiro atoms. The Kier molecular flexibility index (Phi) is 4.65. The molecule has 2 aliphatic rings. The van der Waals surface area contributed by atoms with E-state index in [1.54, 1.807) is 0 Å². The number of sulfone groups is 1. The molecule has 0 aromatic heterocycles. The van der Waals surface area contributed by atoms with Crippen molar-refractivity contribution in [3.63, 3.8) is 0 Å². The summed E-state index contributed by atoms with van der Waals surface area (Å²) in [5.74, 6) is -1.48. The monoisotopic (exact) mass is 339 g/mol. The summed E-state index contributed by atoms with van der Waals surface area (Å²) in [6.07, 6.45) is 3.49. The number of hydrogen-bond acceptors (Lipinski definition) is 5. The third kappa shape index (κ3) is 3.75. The van der Waals surface area contributed by atoms with Crippen LogP contribution in [0, 0.1) is 5.41 Å². The van der Waals surface area contributed by atoms with Crippen LogP contribution in [0.3, 0.4) is 0 Å². The average Bonchev–Trinajstić information content (AvgIpc) is 2.79. The molecule has 0 aromatic carbocycles. The van der Waals surface area contributed by atoms with Crippen LogP contribution >= 0.6 is 0 Å². The first-order valence-corrected chi connectivity index (χ1v) is 10.5. The fraction of sp³-hybridized carbons (Fsp3) is 0.917. The average molecular weight is 339 g/mol. The van der Waals surface area contributed by atoms with E-state index in [4.69, 9.17) is 0 Å². The first-order chi connectivity index (χ1) is 9.67. The first kappa shape index (κ1) is 16.7. The maximum Gasteiger partial charge on any atom is 0.310 e. The molecule has 1 saturated heterocycles. The zero-order valence-electron chi connectivity index (χ0n) is 11.7. The minimum atomic E-state index is -3.79. The van der Waals surface area contributed by atoms with Crippen molar-refractivity contribution in [1.82, 2.24) is 4.72 Å². The summed E-state index contributed by atoms with van der Waals surface area (Å²) in [6.45, 7) is -0.152. The number of hydrogen-bond donors (Lipinski definition) is 2. The summed E-state index contributed by atoms with van der Waals surface area (Å²) >= 11 is 0. The fourth-order valence-electron chi connectivity index (χ4n) is 3.06. The maximum atomic E-state index is 12.2. The Morgan fingerprint density at radius 1 is 1.24 bits per heavy atom. The minimum Gasteiger partial charge on any atom is -0.481 e. The van der Waals surface area contributed by atoms with E-state index < -0.39 is 36.5 Å². The molecule has 1 heterocycles. The van der Waals surface area contributed by atoms with Gasteiger partial charge in [0.1, 0.15) is 0 Å². The summed E-state index contributed by atoms with van der Waals surface area (Å²) in [5, 5.41) is 8.44. The third-order valence-electron chi connectivity index (χ3n) is 4.51. The van der Waals surface area contributed by atoms with Crippen molar-refractivity contribution in [1.29, 1.82) is 0 Å². The van der Waals surface area contributed by atoms with Crippen LogP contribution in [-0.4, -0.2) is 51.2 Å². The molecule has 2 N–H and O–H groups in total. The predicted octanol–water partition coefficient (Wildman–Crippen LogP) is 0.128. The SMILES string of the molecule is O=C(O)C1(CNS(=O)(=O)C2CCS(=O)(=O)C2)CCCCC1. The highest BCUT2D eigenvalue weighted by Crippen LogP contribution is 2.36. The second-order valence-electron chi connectivity index (χ2n) is 6.04. The van der Waals surface area contributed by atoms with Crippen LogP contribution < -0.4 is 4.72 Å². The van der Waals surface area contributed by atoms with Gasteiger partial charge in [-0.2, -0.15) is 0 Å². The van der Waals surface area contributed by atoms with Crippen molar-refractivity contribution in [2.75, 3.05) is 18.1 Å². The molecule has 0 amide bonds. The first-order valence-electron chi connectivity index (χ1n) is 7.09. The maximum absolute atomic E-state index is 12.2. The number of sulfonamides is 1. The van der Waals surface area contributed by atoms with Crippen molar-refractivity contribution < 1.29 is 26.7 Å². The van der Waals surface area contributed by atoms with Crippen LogP contribution in [0.5, 0.6) is 0 Å². The summed E-state index contributed by atoms with van der Waals surface area (Å²) in [4.78, 5) is 11.5. The summed E-state index contributed by atoms with van der Waals surface area (Å²) in [5.41, 5.74) is -1.05. The molecule has 21 heavy (non-hydrogen) atoms. The number of carboxylic acids is 1. The quantitative estimate of drug-likeness (QED) is 0.735. The van der Waals surface area contributed by atoms with Crippen molar-refractivity contribution in [3.8, 4) is 0 Å². The molecule has 9 heteroatoms. The highest BCUT2D eigenvalue weighted by molar-refractivity contribution is 7.95. The highest BCUT2D eigenvalue weighted by Gasteiger charge is 2.43. The van der Waals surface area contributed by atoms with Gasteiger partial charge in [0.25, 0.3) is 0 Å². The molecule has 1 aliphatic carbocycles. The van der Waals surface area contributed by atoms with E-state index in [1.807, 2.05) is 0 Å². The van der Waals surface area contributed by atoms with E-state index in [1.165, 1.54) is 0 Å². The summed E-state index contributed by atoms with van der Waals surface area (Å²) < 4.78 is 49.4. The minimum absolute atomic E-state index is 0.0811. The normalized spacial score (nSPS) is 28.3. The van der Waals surface area contributed by atoms with Gasteiger partial charge >= 0.3 is 5.97 Å². The van der Waals surface area contributed by atoms with Crippen LogP contribution in [0.15, 0.2) is 0 Å². The lowest BCUT2D eigenvalue weighted by molar-refractivity contribution is -0.150. The van der Waals surface area contributed by atoms with E-state index >= 15 is 0 Å². The standard InChI is InChI=1S/C12H21NO6S2/c14-11(15)12(5-2-1-3-6-12)9-13-21(18,19)10-4-7-20(16,17)8-10/h10,13H,1-9H2,(H,14,15). The Morgan fingerprint density at radius 2 is 1.86 bits per heavy atom. The van der Waals surface area contributed by atoms with Gasteiger partial charge in [-0.3, -0.25) is 4.79 Å². The lowest BCUT2D eigenvalue weighted by Gasteiger charge is -2.33. The molecule has 2 fully saturated rings. The molecule has 0 radical (unpaired) electrons. The van der Waals surface area contributed by atoms with E-state index in [-0.39, 0.29) is 24.5 Å². The van der Waals surface area contributed by atoms with E-state index in [0.717, 1.165) is 19.3 Å². The van der Waals surface area contributed by atoms with E-state index in [0.29, 0.717) is 12.8 Å². The molecular formula is C12H21NO6S2. The van der Waals surface area contributed by atoms with Crippen molar-refractivity contribution >= 4 is 25.8 Å². The van der Waals surface area contributed by atoms with Crippen LogP contribution in [-0.2, 0) is 24.7 Å². The number of carboxylic acid groups (broad SMARTS) is 1. The molecule has 1 saturated carbocycles. The zero-order valence-corrected chi connectivity index (χ0v) is 13.4. The van der Waals surface area contributed by atoms with Gasteiger partial charge in [0.05, 0.1) is 22.2 Å².